The number of aromatic nitrogens is 1. The number of fused-ring (bicyclic) bond motifs is 1. The van der Waals surface area contributed by atoms with Crippen LogP contribution in [0.4, 0.5) is 0 Å². The molecule has 0 aliphatic rings. The highest BCUT2D eigenvalue weighted by molar-refractivity contribution is 5.97. The number of hydrogen-bond donors (Lipinski definition) is 3. The SMILES string of the molecule is N#CC(O)C(O)c1ccc2c(C=O)c[nH]c2c1. The summed E-state index contributed by atoms with van der Waals surface area (Å²) in [6.07, 6.45) is -0.423. The summed E-state index contributed by atoms with van der Waals surface area (Å²) in [6.45, 7) is 0. The molecule has 1 heterocycles. The molecule has 0 radical (unpaired) electrons. The molecule has 0 saturated heterocycles. The number of aldehydes is 1. The smallest absolute Gasteiger partial charge is 0.170 e. The molecule has 3 N–H and O–H groups in total. The fourth-order valence-electron chi connectivity index (χ4n) is 1.70. The summed E-state index contributed by atoms with van der Waals surface area (Å²) >= 11 is 0. The van der Waals surface area contributed by atoms with Crippen molar-refractivity contribution in [3.63, 3.8) is 0 Å². The van der Waals surface area contributed by atoms with Crippen molar-refractivity contribution in [1.29, 1.82) is 5.26 Å². The molecule has 2 atom stereocenters. The van der Waals surface area contributed by atoms with Gasteiger partial charge < -0.3 is 15.2 Å². The van der Waals surface area contributed by atoms with Crippen molar-refractivity contribution in [1.82, 2.24) is 4.98 Å². The Hall–Kier alpha value is -2.16. The maximum atomic E-state index is 10.7. The first-order chi connectivity index (χ1) is 8.17. The number of hydrogen-bond acceptors (Lipinski definition) is 4. The minimum absolute atomic E-state index is 0.422. The molecule has 0 spiro atoms. The van der Waals surface area contributed by atoms with Crippen molar-refractivity contribution in [3.8, 4) is 6.07 Å². The first-order valence-corrected chi connectivity index (χ1v) is 4.99. The number of carbonyl (C=O) groups excluding carboxylic acids is 1. The molecular weight excluding hydrogens is 220 g/mol. The van der Waals surface area contributed by atoms with E-state index in [9.17, 15) is 15.0 Å². The summed E-state index contributed by atoms with van der Waals surface area (Å²) < 4.78 is 0. The zero-order valence-electron chi connectivity index (χ0n) is 8.79. The molecule has 86 valence electrons. The van der Waals surface area contributed by atoms with E-state index in [1.165, 1.54) is 0 Å². The molecule has 2 rings (SSSR count). The minimum Gasteiger partial charge on any atom is -0.385 e. The van der Waals surface area contributed by atoms with E-state index in [0.29, 0.717) is 16.6 Å². The van der Waals surface area contributed by atoms with Crippen LogP contribution in [0.2, 0.25) is 0 Å². The number of rotatable bonds is 3. The Morgan fingerprint density at radius 3 is 2.82 bits per heavy atom. The Labute approximate surface area is 96.9 Å². The topological polar surface area (TPSA) is 97.1 Å². The zero-order chi connectivity index (χ0) is 12.4. The van der Waals surface area contributed by atoms with Gasteiger partial charge in [0, 0.05) is 22.7 Å². The van der Waals surface area contributed by atoms with Crippen LogP contribution in [0.5, 0.6) is 0 Å². The number of benzene rings is 1. The molecule has 0 saturated carbocycles. The van der Waals surface area contributed by atoms with E-state index in [1.807, 2.05) is 0 Å². The van der Waals surface area contributed by atoms with Crippen LogP contribution in [0.3, 0.4) is 0 Å². The van der Waals surface area contributed by atoms with Crippen molar-refractivity contribution >= 4 is 17.2 Å². The molecule has 0 amide bonds. The van der Waals surface area contributed by atoms with Gasteiger partial charge in [-0.15, -0.1) is 0 Å². The number of carbonyl (C=O) groups is 1. The highest BCUT2D eigenvalue weighted by Gasteiger charge is 2.18. The largest absolute Gasteiger partial charge is 0.385 e. The van der Waals surface area contributed by atoms with Gasteiger partial charge in [0.15, 0.2) is 12.4 Å². The van der Waals surface area contributed by atoms with E-state index in [-0.39, 0.29) is 0 Å². The van der Waals surface area contributed by atoms with E-state index in [4.69, 9.17) is 5.26 Å². The molecule has 17 heavy (non-hydrogen) atoms. The van der Waals surface area contributed by atoms with Gasteiger partial charge in [-0.1, -0.05) is 12.1 Å². The molecule has 0 aliphatic carbocycles. The first kappa shape index (κ1) is 11.3. The van der Waals surface area contributed by atoms with Gasteiger partial charge in [0.2, 0.25) is 0 Å². The Balaban J connectivity index is 2.46. The second-order valence-corrected chi connectivity index (χ2v) is 3.69. The van der Waals surface area contributed by atoms with Gasteiger partial charge in [0.1, 0.15) is 6.10 Å². The van der Waals surface area contributed by atoms with Crippen LogP contribution >= 0.6 is 0 Å². The van der Waals surface area contributed by atoms with Crippen molar-refractivity contribution in [2.75, 3.05) is 0 Å². The van der Waals surface area contributed by atoms with Gasteiger partial charge in [0.05, 0.1) is 6.07 Å². The highest BCUT2D eigenvalue weighted by atomic mass is 16.3. The maximum absolute atomic E-state index is 10.7. The standard InChI is InChI=1S/C12H10N2O3/c13-4-11(16)12(17)7-1-2-9-8(6-15)5-14-10(9)3-7/h1-3,5-6,11-12,14,16-17H. The van der Waals surface area contributed by atoms with Crippen LogP contribution in [-0.2, 0) is 0 Å². The molecular formula is C12H10N2O3. The predicted octanol–water partition coefficient (Wildman–Crippen LogP) is 0.898. The third-order valence-corrected chi connectivity index (χ3v) is 2.64. The quantitative estimate of drug-likeness (QED) is 0.539. The molecule has 2 unspecified atom stereocenters. The summed E-state index contributed by atoms with van der Waals surface area (Å²) in [6, 6.07) is 6.41. The second-order valence-electron chi connectivity index (χ2n) is 3.69. The molecule has 5 nitrogen and oxygen atoms in total. The second kappa shape index (κ2) is 4.37. The summed E-state index contributed by atoms with van der Waals surface area (Å²) in [5.74, 6) is 0. The summed E-state index contributed by atoms with van der Waals surface area (Å²) in [5, 5.41) is 28.1. The lowest BCUT2D eigenvalue weighted by molar-refractivity contribution is 0.0529. The number of aliphatic hydroxyl groups excluding tert-OH is 2. The Kier molecular flexibility index (Phi) is 2.91. The summed E-state index contributed by atoms with van der Waals surface area (Å²) in [5.41, 5.74) is 1.63. The first-order valence-electron chi connectivity index (χ1n) is 4.99. The van der Waals surface area contributed by atoms with E-state index in [1.54, 1.807) is 30.5 Å². The Bertz CT molecular complexity index is 597. The Morgan fingerprint density at radius 1 is 1.41 bits per heavy atom. The van der Waals surface area contributed by atoms with Crippen molar-refractivity contribution in [3.05, 3.63) is 35.5 Å². The number of nitriles is 1. The van der Waals surface area contributed by atoms with Gasteiger partial charge in [-0.2, -0.15) is 5.26 Å². The minimum atomic E-state index is -1.46. The van der Waals surface area contributed by atoms with Crippen LogP contribution < -0.4 is 0 Å². The van der Waals surface area contributed by atoms with Crippen molar-refractivity contribution in [2.45, 2.75) is 12.2 Å². The van der Waals surface area contributed by atoms with Crippen LogP contribution in [0, 0.1) is 11.3 Å². The zero-order valence-corrected chi connectivity index (χ0v) is 8.79. The van der Waals surface area contributed by atoms with E-state index >= 15 is 0 Å². The number of aliphatic hydroxyl groups is 2. The third-order valence-electron chi connectivity index (χ3n) is 2.64. The highest BCUT2D eigenvalue weighted by Crippen LogP contribution is 2.23. The van der Waals surface area contributed by atoms with Crippen LogP contribution in [-0.4, -0.2) is 27.6 Å². The molecule has 5 heteroatoms. The third kappa shape index (κ3) is 1.91. The van der Waals surface area contributed by atoms with Gasteiger partial charge in [0.25, 0.3) is 0 Å². The number of H-pyrrole nitrogens is 1. The number of aromatic amines is 1. The van der Waals surface area contributed by atoms with Gasteiger partial charge in [-0.25, -0.2) is 0 Å². The average molecular weight is 230 g/mol. The van der Waals surface area contributed by atoms with Crippen molar-refractivity contribution in [2.24, 2.45) is 0 Å². The molecule has 0 bridgehead atoms. The van der Waals surface area contributed by atoms with Crippen LogP contribution in [0.15, 0.2) is 24.4 Å². The van der Waals surface area contributed by atoms with E-state index in [0.717, 1.165) is 11.7 Å². The normalized spacial score (nSPS) is 14.2. The van der Waals surface area contributed by atoms with Gasteiger partial charge in [-0.3, -0.25) is 4.79 Å². The van der Waals surface area contributed by atoms with E-state index in [2.05, 4.69) is 4.98 Å². The number of nitrogens with zero attached hydrogens (tertiary/aromatic N) is 1. The maximum Gasteiger partial charge on any atom is 0.170 e. The van der Waals surface area contributed by atoms with Gasteiger partial charge >= 0.3 is 0 Å². The van der Waals surface area contributed by atoms with Crippen molar-refractivity contribution < 1.29 is 15.0 Å². The average Bonchev–Trinajstić information content (AvgIpc) is 2.78. The van der Waals surface area contributed by atoms with E-state index < -0.39 is 12.2 Å². The molecule has 2 aromatic rings. The summed E-state index contributed by atoms with van der Waals surface area (Å²) in [7, 11) is 0. The molecule has 0 fully saturated rings. The fourth-order valence-corrected chi connectivity index (χ4v) is 1.70. The predicted molar refractivity (Wildman–Crippen MR) is 60.3 cm³/mol. The number of nitrogens with one attached hydrogen (secondary N) is 1. The monoisotopic (exact) mass is 230 g/mol. The lowest BCUT2D eigenvalue weighted by Gasteiger charge is -2.11. The lowest BCUT2D eigenvalue weighted by Crippen LogP contribution is -2.15. The van der Waals surface area contributed by atoms with Gasteiger partial charge in [-0.05, 0) is 11.6 Å². The van der Waals surface area contributed by atoms with Crippen LogP contribution in [0.25, 0.3) is 10.9 Å². The molecule has 1 aromatic carbocycles. The van der Waals surface area contributed by atoms with Crippen LogP contribution in [0.1, 0.15) is 22.0 Å². The molecule has 1 aromatic heterocycles. The fraction of sp³-hybridized carbons (Fsp3) is 0.167. The Morgan fingerprint density at radius 2 is 2.18 bits per heavy atom. The molecule has 0 aliphatic heterocycles. The lowest BCUT2D eigenvalue weighted by atomic mass is 10.0. The summed E-state index contributed by atoms with van der Waals surface area (Å²) in [4.78, 5) is 13.6.